The standard InChI is InChI=1S/C13H28N2O2/c1-12(2)16-10-14-6-8-15(9-7-14)11-17-13(3,4)5/h12H,6-11H2,1-5H3. The van der Waals surface area contributed by atoms with E-state index in [1.165, 1.54) is 0 Å². The zero-order valence-corrected chi connectivity index (χ0v) is 12.0. The maximum Gasteiger partial charge on any atom is 0.0998 e. The van der Waals surface area contributed by atoms with Gasteiger partial charge in [0.05, 0.1) is 25.2 Å². The molecule has 1 fully saturated rings. The first kappa shape index (κ1) is 14.9. The second kappa shape index (κ2) is 6.69. The van der Waals surface area contributed by atoms with Gasteiger partial charge in [-0.3, -0.25) is 9.80 Å². The summed E-state index contributed by atoms with van der Waals surface area (Å²) in [5.74, 6) is 0. The molecule has 0 aromatic heterocycles. The maximum atomic E-state index is 5.78. The molecule has 1 heterocycles. The van der Waals surface area contributed by atoms with Gasteiger partial charge in [0.1, 0.15) is 0 Å². The van der Waals surface area contributed by atoms with E-state index in [0.717, 1.165) is 39.6 Å². The third kappa shape index (κ3) is 6.99. The van der Waals surface area contributed by atoms with Crippen molar-refractivity contribution in [2.24, 2.45) is 0 Å². The molecule has 1 aliphatic heterocycles. The highest BCUT2D eigenvalue weighted by Crippen LogP contribution is 2.09. The van der Waals surface area contributed by atoms with E-state index < -0.39 is 0 Å². The summed E-state index contributed by atoms with van der Waals surface area (Å²) in [6, 6.07) is 0. The summed E-state index contributed by atoms with van der Waals surface area (Å²) in [5, 5.41) is 0. The molecular weight excluding hydrogens is 216 g/mol. The average Bonchev–Trinajstić information content (AvgIpc) is 2.24. The minimum atomic E-state index is -0.0438. The van der Waals surface area contributed by atoms with Gasteiger partial charge in [-0.2, -0.15) is 0 Å². The summed E-state index contributed by atoms with van der Waals surface area (Å²) in [7, 11) is 0. The number of ether oxygens (including phenoxy) is 2. The van der Waals surface area contributed by atoms with E-state index in [2.05, 4.69) is 44.4 Å². The van der Waals surface area contributed by atoms with E-state index in [4.69, 9.17) is 9.47 Å². The molecule has 4 heteroatoms. The molecule has 0 aromatic rings. The Morgan fingerprint density at radius 1 is 0.941 bits per heavy atom. The molecule has 4 nitrogen and oxygen atoms in total. The lowest BCUT2D eigenvalue weighted by Gasteiger charge is -2.35. The van der Waals surface area contributed by atoms with Crippen molar-refractivity contribution in [3.63, 3.8) is 0 Å². The van der Waals surface area contributed by atoms with Crippen LogP contribution in [0.5, 0.6) is 0 Å². The fraction of sp³-hybridized carbons (Fsp3) is 1.00. The van der Waals surface area contributed by atoms with Crippen LogP contribution in [0.1, 0.15) is 34.6 Å². The van der Waals surface area contributed by atoms with Gasteiger partial charge in [0.25, 0.3) is 0 Å². The van der Waals surface area contributed by atoms with Crippen molar-refractivity contribution in [3.05, 3.63) is 0 Å². The van der Waals surface area contributed by atoms with Crippen molar-refractivity contribution >= 4 is 0 Å². The van der Waals surface area contributed by atoms with E-state index in [0.29, 0.717) is 6.10 Å². The molecule has 102 valence electrons. The summed E-state index contributed by atoms with van der Waals surface area (Å²) in [6.07, 6.45) is 0.317. The molecule has 17 heavy (non-hydrogen) atoms. The summed E-state index contributed by atoms with van der Waals surface area (Å²) in [4.78, 5) is 4.71. The molecule has 1 aliphatic rings. The smallest absolute Gasteiger partial charge is 0.0998 e. The highest BCUT2D eigenvalue weighted by Gasteiger charge is 2.19. The minimum absolute atomic E-state index is 0.0438. The average molecular weight is 244 g/mol. The van der Waals surface area contributed by atoms with Gasteiger partial charge in [-0.25, -0.2) is 0 Å². The van der Waals surface area contributed by atoms with Gasteiger partial charge in [-0.15, -0.1) is 0 Å². The predicted octanol–water partition coefficient (Wildman–Crippen LogP) is 1.76. The lowest BCUT2D eigenvalue weighted by atomic mass is 10.2. The number of piperazine rings is 1. The molecule has 0 aromatic carbocycles. The third-order valence-corrected chi connectivity index (χ3v) is 2.74. The monoisotopic (exact) mass is 244 g/mol. The van der Waals surface area contributed by atoms with Crippen LogP contribution in [0.2, 0.25) is 0 Å². The molecule has 0 amide bonds. The summed E-state index contributed by atoms with van der Waals surface area (Å²) in [6.45, 7) is 16.2. The molecule has 0 saturated carbocycles. The number of rotatable bonds is 5. The van der Waals surface area contributed by atoms with Crippen molar-refractivity contribution in [1.82, 2.24) is 9.80 Å². The van der Waals surface area contributed by atoms with Gasteiger partial charge >= 0.3 is 0 Å². The SMILES string of the molecule is CC(C)OCN1CCN(COC(C)(C)C)CC1. The van der Waals surface area contributed by atoms with Crippen LogP contribution in [0.3, 0.4) is 0 Å². The predicted molar refractivity (Wildman–Crippen MR) is 69.9 cm³/mol. The van der Waals surface area contributed by atoms with Gasteiger partial charge in [-0.05, 0) is 34.6 Å². The van der Waals surface area contributed by atoms with Crippen LogP contribution < -0.4 is 0 Å². The van der Waals surface area contributed by atoms with Gasteiger partial charge in [0.15, 0.2) is 0 Å². The van der Waals surface area contributed by atoms with Crippen LogP contribution in [0, 0.1) is 0 Å². The Labute approximate surface area is 106 Å². The fourth-order valence-electron chi connectivity index (χ4n) is 1.59. The Kier molecular flexibility index (Phi) is 5.86. The second-order valence-electron chi connectivity index (χ2n) is 5.97. The van der Waals surface area contributed by atoms with Gasteiger partial charge in [0, 0.05) is 26.2 Å². The first-order valence-electron chi connectivity index (χ1n) is 6.57. The molecule has 0 bridgehead atoms. The molecule has 0 unspecified atom stereocenters. The molecule has 0 radical (unpaired) electrons. The topological polar surface area (TPSA) is 24.9 Å². The van der Waals surface area contributed by atoms with E-state index in [9.17, 15) is 0 Å². The Bertz CT molecular complexity index is 206. The Balaban J connectivity index is 2.13. The number of hydrogen-bond acceptors (Lipinski definition) is 4. The van der Waals surface area contributed by atoms with Gasteiger partial charge in [0.2, 0.25) is 0 Å². The van der Waals surface area contributed by atoms with Crippen molar-refractivity contribution in [3.8, 4) is 0 Å². The lowest BCUT2D eigenvalue weighted by Crippen LogP contribution is -2.48. The zero-order chi connectivity index (χ0) is 12.9. The molecule has 1 saturated heterocycles. The molecule has 0 N–H and O–H groups in total. The maximum absolute atomic E-state index is 5.78. The number of hydrogen-bond donors (Lipinski definition) is 0. The van der Waals surface area contributed by atoms with Crippen LogP contribution in [0.25, 0.3) is 0 Å². The van der Waals surface area contributed by atoms with Crippen LogP contribution in [-0.4, -0.2) is 61.1 Å². The van der Waals surface area contributed by atoms with Crippen molar-refractivity contribution in [2.75, 3.05) is 39.6 Å². The number of nitrogens with zero attached hydrogens (tertiary/aromatic N) is 2. The normalized spacial score (nSPS) is 20.1. The first-order chi connectivity index (χ1) is 7.87. The largest absolute Gasteiger partial charge is 0.363 e. The van der Waals surface area contributed by atoms with Gasteiger partial charge < -0.3 is 9.47 Å². The van der Waals surface area contributed by atoms with E-state index in [1.54, 1.807) is 0 Å². The Hall–Kier alpha value is -0.160. The van der Waals surface area contributed by atoms with Gasteiger partial charge in [-0.1, -0.05) is 0 Å². The summed E-state index contributed by atoms with van der Waals surface area (Å²) in [5.41, 5.74) is -0.0438. The first-order valence-corrected chi connectivity index (χ1v) is 6.57. The minimum Gasteiger partial charge on any atom is -0.363 e. The highest BCUT2D eigenvalue weighted by atomic mass is 16.5. The van der Waals surface area contributed by atoms with Crippen molar-refractivity contribution in [2.45, 2.75) is 46.3 Å². The van der Waals surface area contributed by atoms with E-state index in [1.807, 2.05) is 0 Å². The van der Waals surface area contributed by atoms with Crippen LogP contribution >= 0.6 is 0 Å². The van der Waals surface area contributed by atoms with Crippen LogP contribution in [0.4, 0.5) is 0 Å². The highest BCUT2D eigenvalue weighted by molar-refractivity contribution is 4.69. The zero-order valence-electron chi connectivity index (χ0n) is 12.0. The van der Waals surface area contributed by atoms with E-state index >= 15 is 0 Å². The lowest BCUT2D eigenvalue weighted by molar-refractivity contribution is -0.0863. The van der Waals surface area contributed by atoms with E-state index in [-0.39, 0.29) is 5.60 Å². The Morgan fingerprint density at radius 2 is 1.41 bits per heavy atom. The summed E-state index contributed by atoms with van der Waals surface area (Å²) >= 11 is 0. The summed E-state index contributed by atoms with van der Waals surface area (Å²) < 4.78 is 11.4. The molecule has 0 spiro atoms. The quantitative estimate of drug-likeness (QED) is 0.736. The van der Waals surface area contributed by atoms with Crippen LogP contribution in [-0.2, 0) is 9.47 Å². The molecular formula is C13H28N2O2. The Morgan fingerprint density at radius 3 is 1.82 bits per heavy atom. The van der Waals surface area contributed by atoms with Crippen molar-refractivity contribution in [1.29, 1.82) is 0 Å². The molecule has 1 rings (SSSR count). The van der Waals surface area contributed by atoms with Crippen LogP contribution in [0.15, 0.2) is 0 Å². The fourth-order valence-corrected chi connectivity index (χ4v) is 1.59. The molecule has 0 atom stereocenters. The third-order valence-electron chi connectivity index (χ3n) is 2.74. The second-order valence-corrected chi connectivity index (χ2v) is 5.97. The molecule has 0 aliphatic carbocycles. The van der Waals surface area contributed by atoms with Crippen molar-refractivity contribution < 1.29 is 9.47 Å².